The van der Waals surface area contributed by atoms with Crippen molar-refractivity contribution >= 4 is 6.09 Å². The van der Waals surface area contributed by atoms with Crippen LogP contribution in [0.2, 0.25) is 0 Å². The van der Waals surface area contributed by atoms with Crippen molar-refractivity contribution in [2.45, 2.75) is 6.42 Å². The average molecular weight is 170 g/mol. The van der Waals surface area contributed by atoms with Gasteiger partial charge in [-0.05, 0) is 0 Å². The topological polar surface area (TPSA) is 79.9 Å². The average Bonchev–Trinajstić information content (AvgIpc) is 2.57. The minimum Gasteiger partial charge on any atom is -0.453 e. The van der Waals surface area contributed by atoms with Crippen molar-refractivity contribution < 1.29 is 9.53 Å². The van der Waals surface area contributed by atoms with E-state index in [-0.39, 0.29) is 0 Å². The number of alkyl carbamates (subject to hydrolysis) is 1. The molecular formula is C6H10N4O2. The number of H-pyrrole nitrogens is 1. The van der Waals surface area contributed by atoms with E-state index >= 15 is 0 Å². The number of carbonyl (C=O) groups excluding carboxylic acids is 1. The molecule has 66 valence electrons. The van der Waals surface area contributed by atoms with Crippen molar-refractivity contribution in [3.05, 3.63) is 12.2 Å². The number of amides is 1. The summed E-state index contributed by atoms with van der Waals surface area (Å²) < 4.78 is 4.37. The molecule has 0 radical (unpaired) electrons. The van der Waals surface area contributed by atoms with Gasteiger partial charge in [-0.15, -0.1) is 0 Å². The van der Waals surface area contributed by atoms with E-state index in [1.54, 1.807) is 0 Å². The fraction of sp³-hybridized carbons (Fsp3) is 0.500. The van der Waals surface area contributed by atoms with E-state index in [0.29, 0.717) is 13.0 Å². The number of nitrogens with zero attached hydrogens (tertiary/aromatic N) is 2. The molecule has 0 aromatic carbocycles. The van der Waals surface area contributed by atoms with Crippen molar-refractivity contribution in [3.8, 4) is 0 Å². The molecular weight excluding hydrogens is 160 g/mol. The fourth-order valence-electron chi connectivity index (χ4n) is 0.706. The van der Waals surface area contributed by atoms with Crippen molar-refractivity contribution in [1.29, 1.82) is 0 Å². The highest BCUT2D eigenvalue weighted by atomic mass is 16.5. The summed E-state index contributed by atoms with van der Waals surface area (Å²) in [5.41, 5.74) is 0. The number of aromatic amines is 1. The van der Waals surface area contributed by atoms with Crippen LogP contribution >= 0.6 is 0 Å². The second-order valence-corrected chi connectivity index (χ2v) is 2.10. The summed E-state index contributed by atoms with van der Waals surface area (Å²) in [5, 5.41) is 8.86. The van der Waals surface area contributed by atoms with Crippen LogP contribution in [0, 0.1) is 0 Å². The van der Waals surface area contributed by atoms with Gasteiger partial charge in [0, 0.05) is 13.0 Å². The Morgan fingerprint density at radius 2 is 2.67 bits per heavy atom. The monoisotopic (exact) mass is 170 g/mol. The summed E-state index contributed by atoms with van der Waals surface area (Å²) in [7, 11) is 1.32. The molecule has 0 bridgehead atoms. The van der Waals surface area contributed by atoms with Gasteiger partial charge >= 0.3 is 6.09 Å². The van der Waals surface area contributed by atoms with Crippen LogP contribution in [-0.4, -0.2) is 34.9 Å². The molecule has 12 heavy (non-hydrogen) atoms. The molecule has 6 nitrogen and oxygen atoms in total. The van der Waals surface area contributed by atoms with Crippen molar-refractivity contribution in [2.75, 3.05) is 13.7 Å². The van der Waals surface area contributed by atoms with Gasteiger partial charge in [-0.2, -0.15) is 5.10 Å². The molecule has 0 aliphatic rings. The number of ether oxygens (including phenoxy) is 1. The summed E-state index contributed by atoms with van der Waals surface area (Å²) >= 11 is 0. The molecule has 0 spiro atoms. The first kappa shape index (κ1) is 8.51. The Kier molecular flexibility index (Phi) is 3.06. The Hall–Kier alpha value is -1.59. The molecule has 1 aromatic rings. The zero-order valence-electron chi connectivity index (χ0n) is 6.70. The first-order valence-electron chi connectivity index (χ1n) is 3.49. The third kappa shape index (κ3) is 2.57. The van der Waals surface area contributed by atoms with Crippen LogP contribution in [0.3, 0.4) is 0 Å². The molecule has 0 fully saturated rings. The predicted octanol–water partition coefficient (Wildman–Crippen LogP) is -0.297. The van der Waals surface area contributed by atoms with Gasteiger partial charge in [0.25, 0.3) is 0 Å². The predicted molar refractivity (Wildman–Crippen MR) is 40.5 cm³/mol. The summed E-state index contributed by atoms with van der Waals surface area (Å²) in [5.74, 6) is 0.742. The van der Waals surface area contributed by atoms with Crippen LogP contribution in [0.4, 0.5) is 4.79 Å². The molecule has 1 rings (SSSR count). The maximum absolute atomic E-state index is 10.6. The molecule has 1 aromatic heterocycles. The lowest BCUT2D eigenvalue weighted by Crippen LogP contribution is -2.25. The minimum atomic E-state index is -0.436. The lowest BCUT2D eigenvalue weighted by molar-refractivity contribution is 0.171. The Morgan fingerprint density at radius 3 is 3.25 bits per heavy atom. The molecule has 0 atom stereocenters. The van der Waals surface area contributed by atoms with Crippen LogP contribution in [0.25, 0.3) is 0 Å². The second kappa shape index (κ2) is 4.32. The molecule has 6 heteroatoms. The van der Waals surface area contributed by atoms with Crippen LogP contribution in [0.1, 0.15) is 5.82 Å². The summed E-state index contributed by atoms with van der Waals surface area (Å²) in [6, 6.07) is 0. The molecule has 0 aliphatic heterocycles. The van der Waals surface area contributed by atoms with Gasteiger partial charge in [0.1, 0.15) is 12.2 Å². The molecule has 1 heterocycles. The fourth-order valence-corrected chi connectivity index (χ4v) is 0.706. The minimum absolute atomic E-state index is 0.436. The van der Waals surface area contributed by atoms with Crippen molar-refractivity contribution in [2.24, 2.45) is 0 Å². The number of nitrogens with one attached hydrogen (secondary N) is 2. The van der Waals surface area contributed by atoms with Gasteiger partial charge in [-0.1, -0.05) is 0 Å². The van der Waals surface area contributed by atoms with Crippen LogP contribution < -0.4 is 5.32 Å². The quantitative estimate of drug-likeness (QED) is 0.652. The highest BCUT2D eigenvalue weighted by molar-refractivity contribution is 5.66. The number of rotatable bonds is 3. The van der Waals surface area contributed by atoms with Gasteiger partial charge < -0.3 is 10.1 Å². The van der Waals surface area contributed by atoms with E-state index in [0.717, 1.165) is 5.82 Å². The number of hydrogen-bond donors (Lipinski definition) is 2. The number of carbonyl (C=O) groups is 1. The lowest BCUT2D eigenvalue weighted by atomic mass is 10.4. The van der Waals surface area contributed by atoms with Gasteiger partial charge in [0.05, 0.1) is 7.11 Å². The normalized spacial score (nSPS) is 9.42. The zero-order valence-corrected chi connectivity index (χ0v) is 6.70. The van der Waals surface area contributed by atoms with Gasteiger partial charge in [0.15, 0.2) is 0 Å². The third-order valence-corrected chi connectivity index (χ3v) is 1.28. The Labute approximate surface area is 69.3 Å². The maximum atomic E-state index is 10.6. The van der Waals surface area contributed by atoms with Crippen LogP contribution in [0.15, 0.2) is 6.33 Å². The van der Waals surface area contributed by atoms with E-state index < -0.39 is 6.09 Å². The van der Waals surface area contributed by atoms with E-state index in [1.165, 1.54) is 13.4 Å². The Morgan fingerprint density at radius 1 is 1.83 bits per heavy atom. The molecule has 0 unspecified atom stereocenters. The number of aromatic nitrogens is 3. The van der Waals surface area contributed by atoms with E-state index in [1.807, 2.05) is 0 Å². The Bertz CT molecular complexity index is 234. The van der Waals surface area contributed by atoms with Crippen molar-refractivity contribution in [1.82, 2.24) is 20.5 Å². The van der Waals surface area contributed by atoms with Crippen LogP contribution in [-0.2, 0) is 11.2 Å². The van der Waals surface area contributed by atoms with Crippen molar-refractivity contribution in [3.63, 3.8) is 0 Å². The third-order valence-electron chi connectivity index (χ3n) is 1.28. The highest BCUT2D eigenvalue weighted by Gasteiger charge is 1.98. The summed E-state index contributed by atoms with van der Waals surface area (Å²) in [6.07, 6.45) is 1.61. The van der Waals surface area contributed by atoms with E-state index in [2.05, 4.69) is 25.2 Å². The first-order valence-corrected chi connectivity index (χ1v) is 3.49. The van der Waals surface area contributed by atoms with E-state index in [4.69, 9.17) is 0 Å². The first-order chi connectivity index (χ1) is 5.83. The molecule has 0 saturated heterocycles. The number of methoxy groups -OCH3 is 1. The molecule has 1 amide bonds. The highest BCUT2D eigenvalue weighted by Crippen LogP contribution is 1.85. The standard InChI is InChI=1S/C6H10N4O2/c1-12-6(11)7-3-2-5-8-4-9-10-5/h4H,2-3H2,1H3,(H,7,11)(H,8,9,10). The largest absolute Gasteiger partial charge is 0.453 e. The van der Waals surface area contributed by atoms with E-state index in [9.17, 15) is 4.79 Å². The maximum Gasteiger partial charge on any atom is 0.406 e. The molecule has 0 saturated carbocycles. The Balaban J connectivity index is 2.15. The van der Waals surface area contributed by atoms with Gasteiger partial charge in [0.2, 0.25) is 0 Å². The van der Waals surface area contributed by atoms with Gasteiger partial charge in [-0.25, -0.2) is 9.78 Å². The number of hydrogen-bond acceptors (Lipinski definition) is 4. The molecule has 2 N–H and O–H groups in total. The van der Waals surface area contributed by atoms with Crippen LogP contribution in [0.5, 0.6) is 0 Å². The second-order valence-electron chi connectivity index (χ2n) is 2.10. The summed E-state index contributed by atoms with van der Waals surface area (Å²) in [4.78, 5) is 14.4. The van der Waals surface area contributed by atoms with Gasteiger partial charge in [-0.3, -0.25) is 5.10 Å². The zero-order chi connectivity index (χ0) is 8.81. The molecule has 0 aliphatic carbocycles. The summed E-state index contributed by atoms with van der Waals surface area (Å²) in [6.45, 7) is 0.488. The SMILES string of the molecule is COC(=O)NCCc1ncn[nH]1. The smallest absolute Gasteiger partial charge is 0.406 e. The lowest BCUT2D eigenvalue weighted by Gasteiger charge is -2.00.